The summed E-state index contributed by atoms with van der Waals surface area (Å²) in [5, 5.41) is 10.5. The molecule has 6 heteroatoms. The molecule has 2 atom stereocenters. The number of carbonyl (C=O) groups is 2. The largest absolute Gasteiger partial charge is 0.465 e. The standard InChI is InChI=1S/C11H17NO5/c1-3-17-10(14)11(6-4-5-9(11)13)8(2)7-12(15)16/h8H,3-7H2,1-2H3. The summed E-state index contributed by atoms with van der Waals surface area (Å²) < 4.78 is 4.92. The van der Waals surface area contributed by atoms with Crippen LogP contribution in [0, 0.1) is 21.4 Å². The van der Waals surface area contributed by atoms with Crippen LogP contribution < -0.4 is 0 Å². The highest BCUT2D eigenvalue weighted by Gasteiger charge is 2.55. The smallest absolute Gasteiger partial charge is 0.320 e. The van der Waals surface area contributed by atoms with Gasteiger partial charge in [-0.1, -0.05) is 6.92 Å². The molecule has 6 nitrogen and oxygen atoms in total. The first kappa shape index (κ1) is 13.6. The summed E-state index contributed by atoms with van der Waals surface area (Å²) in [4.78, 5) is 33.9. The molecule has 2 unspecified atom stereocenters. The Bertz CT molecular complexity index is 341. The van der Waals surface area contributed by atoms with Crippen LogP contribution in [0.1, 0.15) is 33.1 Å². The van der Waals surface area contributed by atoms with Crippen molar-refractivity contribution in [2.24, 2.45) is 11.3 Å². The first-order valence-electron chi connectivity index (χ1n) is 5.77. The van der Waals surface area contributed by atoms with Gasteiger partial charge in [0.2, 0.25) is 6.54 Å². The van der Waals surface area contributed by atoms with Crippen molar-refractivity contribution in [2.45, 2.75) is 33.1 Å². The zero-order valence-corrected chi connectivity index (χ0v) is 10.1. The number of ether oxygens (including phenoxy) is 1. The molecule has 0 saturated heterocycles. The summed E-state index contributed by atoms with van der Waals surface area (Å²) in [6.07, 6.45) is 1.26. The Morgan fingerprint density at radius 2 is 2.29 bits per heavy atom. The lowest BCUT2D eigenvalue weighted by molar-refractivity contribution is -0.489. The third-order valence-corrected chi connectivity index (χ3v) is 3.38. The number of ketones is 1. The number of carbonyl (C=O) groups excluding carboxylic acids is 2. The van der Waals surface area contributed by atoms with Crippen LogP contribution in [0.25, 0.3) is 0 Å². The summed E-state index contributed by atoms with van der Waals surface area (Å²) in [7, 11) is 0. The van der Waals surface area contributed by atoms with E-state index in [2.05, 4.69) is 0 Å². The second-order valence-electron chi connectivity index (χ2n) is 4.38. The maximum absolute atomic E-state index is 11.9. The Morgan fingerprint density at radius 1 is 1.65 bits per heavy atom. The molecule has 0 spiro atoms. The van der Waals surface area contributed by atoms with Crippen molar-refractivity contribution in [3.63, 3.8) is 0 Å². The zero-order chi connectivity index (χ0) is 13.1. The van der Waals surface area contributed by atoms with E-state index in [-0.39, 0.29) is 18.9 Å². The average Bonchev–Trinajstić information content (AvgIpc) is 2.60. The van der Waals surface area contributed by atoms with E-state index in [1.54, 1.807) is 13.8 Å². The van der Waals surface area contributed by atoms with Crippen LogP contribution in [0.5, 0.6) is 0 Å². The quantitative estimate of drug-likeness (QED) is 0.313. The summed E-state index contributed by atoms with van der Waals surface area (Å²) in [6.45, 7) is 3.02. The van der Waals surface area contributed by atoms with E-state index >= 15 is 0 Å². The average molecular weight is 243 g/mol. The van der Waals surface area contributed by atoms with Crippen LogP contribution in [0.2, 0.25) is 0 Å². The van der Waals surface area contributed by atoms with E-state index < -0.39 is 22.2 Å². The van der Waals surface area contributed by atoms with Gasteiger partial charge in [0, 0.05) is 17.3 Å². The lowest BCUT2D eigenvalue weighted by atomic mass is 9.74. The monoisotopic (exact) mass is 243 g/mol. The van der Waals surface area contributed by atoms with Crippen LogP contribution >= 0.6 is 0 Å². The van der Waals surface area contributed by atoms with Crippen molar-refractivity contribution in [2.75, 3.05) is 13.2 Å². The van der Waals surface area contributed by atoms with Crippen LogP contribution in [-0.2, 0) is 14.3 Å². The van der Waals surface area contributed by atoms with Gasteiger partial charge < -0.3 is 4.74 Å². The second-order valence-corrected chi connectivity index (χ2v) is 4.38. The molecule has 0 heterocycles. The Hall–Kier alpha value is -1.46. The normalized spacial score (nSPS) is 25.6. The minimum atomic E-state index is -1.29. The summed E-state index contributed by atoms with van der Waals surface area (Å²) >= 11 is 0. The van der Waals surface area contributed by atoms with Gasteiger partial charge >= 0.3 is 5.97 Å². The molecule has 0 aromatic heterocycles. The van der Waals surface area contributed by atoms with Crippen molar-refractivity contribution < 1.29 is 19.2 Å². The Kier molecular flexibility index (Phi) is 4.20. The van der Waals surface area contributed by atoms with Crippen molar-refractivity contribution in [1.82, 2.24) is 0 Å². The topological polar surface area (TPSA) is 86.5 Å². The van der Waals surface area contributed by atoms with Crippen molar-refractivity contribution in [3.8, 4) is 0 Å². The van der Waals surface area contributed by atoms with Crippen molar-refractivity contribution in [1.29, 1.82) is 0 Å². The molecule has 1 rings (SSSR count). The minimum Gasteiger partial charge on any atom is -0.465 e. The van der Waals surface area contributed by atoms with Crippen LogP contribution in [0.4, 0.5) is 0 Å². The molecule has 0 aliphatic heterocycles. The van der Waals surface area contributed by atoms with Gasteiger partial charge in [0.25, 0.3) is 0 Å². The number of hydrogen-bond acceptors (Lipinski definition) is 5. The highest BCUT2D eigenvalue weighted by Crippen LogP contribution is 2.42. The predicted molar refractivity (Wildman–Crippen MR) is 58.9 cm³/mol. The fourth-order valence-electron chi connectivity index (χ4n) is 2.47. The maximum Gasteiger partial charge on any atom is 0.320 e. The fraction of sp³-hybridized carbons (Fsp3) is 0.818. The molecule has 1 fully saturated rings. The Balaban J connectivity index is 2.97. The molecule has 1 saturated carbocycles. The maximum atomic E-state index is 11.9. The van der Waals surface area contributed by atoms with E-state index in [1.807, 2.05) is 0 Å². The molecular weight excluding hydrogens is 226 g/mol. The molecule has 1 aliphatic rings. The highest BCUT2D eigenvalue weighted by atomic mass is 16.6. The van der Waals surface area contributed by atoms with E-state index in [1.165, 1.54) is 0 Å². The van der Waals surface area contributed by atoms with Gasteiger partial charge in [-0.3, -0.25) is 19.7 Å². The first-order chi connectivity index (χ1) is 7.95. The molecule has 96 valence electrons. The van der Waals surface area contributed by atoms with E-state index in [4.69, 9.17) is 4.74 Å². The van der Waals surface area contributed by atoms with E-state index in [0.29, 0.717) is 19.3 Å². The predicted octanol–water partition coefficient (Wildman–Crippen LogP) is 1.20. The molecule has 0 amide bonds. The number of hydrogen-bond donors (Lipinski definition) is 0. The van der Waals surface area contributed by atoms with Gasteiger partial charge in [0.05, 0.1) is 6.61 Å². The van der Waals surface area contributed by atoms with Gasteiger partial charge in [0.1, 0.15) is 5.41 Å². The molecule has 17 heavy (non-hydrogen) atoms. The van der Waals surface area contributed by atoms with Crippen LogP contribution in [-0.4, -0.2) is 29.8 Å². The van der Waals surface area contributed by atoms with Gasteiger partial charge in [0.15, 0.2) is 5.78 Å². The van der Waals surface area contributed by atoms with Gasteiger partial charge in [-0.15, -0.1) is 0 Å². The third kappa shape index (κ3) is 2.45. The van der Waals surface area contributed by atoms with E-state index in [9.17, 15) is 19.7 Å². The molecular formula is C11H17NO5. The number of nitrogens with zero attached hydrogens (tertiary/aromatic N) is 1. The molecule has 0 radical (unpaired) electrons. The van der Waals surface area contributed by atoms with Crippen LogP contribution in [0.3, 0.4) is 0 Å². The minimum absolute atomic E-state index is 0.180. The number of rotatable bonds is 5. The lowest BCUT2D eigenvalue weighted by Gasteiger charge is -2.28. The highest BCUT2D eigenvalue weighted by molar-refractivity contribution is 6.05. The second kappa shape index (κ2) is 5.25. The number of nitro groups is 1. The molecule has 0 aromatic carbocycles. The summed E-state index contributed by atoms with van der Waals surface area (Å²) in [5.41, 5.74) is -1.29. The van der Waals surface area contributed by atoms with E-state index in [0.717, 1.165) is 0 Å². The molecule has 0 aromatic rings. The third-order valence-electron chi connectivity index (χ3n) is 3.38. The number of Topliss-reactive ketones (excluding diaryl/α,β-unsaturated/α-hetero) is 1. The zero-order valence-electron chi connectivity index (χ0n) is 10.1. The molecule has 1 aliphatic carbocycles. The summed E-state index contributed by atoms with van der Waals surface area (Å²) in [6, 6.07) is 0. The Labute approximate surface area is 99.5 Å². The molecule has 0 N–H and O–H groups in total. The fourth-order valence-corrected chi connectivity index (χ4v) is 2.47. The van der Waals surface area contributed by atoms with Gasteiger partial charge in [-0.05, 0) is 19.8 Å². The Morgan fingerprint density at radius 3 is 2.71 bits per heavy atom. The SMILES string of the molecule is CCOC(=O)C1(C(C)C[N+](=O)[O-])CCCC1=O. The molecule has 0 bridgehead atoms. The first-order valence-corrected chi connectivity index (χ1v) is 5.77. The van der Waals surface area contributed by atoms with Gasteiger partial charge in [-0.2, -0.15) is 0 Å². The lowest BCUT2D eigenvalue weighted by Crippen LogP contribution is -2.45. The van der Waals surface area contributed by atoms with Gasteiger partial charge in [-0.25, -0.2) is 0 Å². The van der Waals surface area contributed by atoms with Crippen LogP contribution in [0.15, 0.2) is 0 Å². The summed E-state index contributed by atoms with van der Waals surface area (Å²) in [5.74, 6) is -1.44. The van der Waals surface area contributed by atoms with Crippen molar-refractivity contribution in [3.05, 3.63) is 10.1 Å². The number of esters is 1. The van der Waals surface area contributed by atoms with Crippen molar-refractivity contribution >= 4 is 11.8 Å².